The number of fused-ring (bicyclic) bond motifs is 2. The molecule has 0 bridgehead atoms. The van der Waals surface area contributed by atoms with Crippen molar-refractivity contribution in [1.82, 2.24) is 18.9 Å². The van der Waals surface area contributed by atoms with Crippen molar-refractivity contribution in [1.29, 1.82) is 0 Å². The monoisotopic (exact) mass is 601 g/mol. The number of rotatable bonds is 7. The van der Waals surface area contributed by atoms with Crippen LogP contribution in [-0.4, -0.2) is 47.0 Å². The number of halogens is 1. The SMILES string of the molecule is C=Cc1ccccc1-c1cc(NCC2CCN(S(=O)(=O)c3ccc4ccccc4c3)CC2)n2ncc(Br)c2n1. The van der Waals surface area contributed by atoms with Crippen LogP contribution >= 0.6 is 15.9 Å². The van der Waals surface area contributed by atoms with E-state index >= 15 is 0 Å². The third kappa shape index (κ3) is 4.97. The van der Waals surface area contributed by atoms with Crippen LogP contribution in [0.2, 0.25) is 0 Å². The van der Waals surface area contributed by atoms with E-state index in [-0.39, 0.29) is 0 Å². The highest BCUT2D eigenvalue weighted by molar-refractivity contribution is 9.10. The zero-order valence-electron chi connectivity index (χ0n) is 21.3. The largest absolute Gasteiger partial charge is 0.370 e. The Hall–Kier alpha value is -3.53. The van der Waals surface area contributed by atoms with Gasteiger partial charge in [-0.25, -0.2) is 13.4 Å². The second-order valence-corrected chi connectivity index (χ2v) is 12.6. The van der Waals surface area contributed by atoms with Crippen LogP contribution in [-0.2, 0) is 10.0 Å². The minimum Gasteiger partial charge on any atom is -0.370 e. The van der Waals surface area contributed by atoms with Crippen molar-refractivity contribution in [2.45, 2.75) is 17.7 Å². The van der Waals surface area contributed by atoms with Crippen LogP contribution in [0.4, 0.5) is 5.82 Å². The first-order valence-electron chi connectivity index (χ1n) is 12.9. The van der Waals surface area contributed by atoms with E-state index in [0.29, 0.717) is 30.4 Å². The van der Waals surface area contributed by atoms with E-state index in [2.05, 4.69) is 32.9 Å². The highest BCUT2D eigenvalue weighted by Gasteiger charge is 2.29. The van der Waals surface area contributed by atoms with Gasteiger partial charge in [-0.1, -0.05) is 67.3 Å². The lowest BCUT2D eigenvalue weighted by Gasteiger charge is -2.31. The summed E-state index contributed by atoms with van der Waals surface area (Å²) in [5.41, 5.74) is 3.57. The van der Waals surface area contributed by atoms with Crippen molar-refractivity contribution in [3.63, 3.8) is 0 Å². The fourth-order valence-electron chi connectivity index (χ4n) is 5.19. The maximum Gasteiger partial charge on any atom is 0.243 e. The van der Waals surface area contributed by atoms with E-state index in [1.54, 1.807) is 27.2 Å². The van der Waals surface area contributed by atoms with Gasteiger partial charge >= 0.3 is 0 Å². The minimum atomic E-state index is -3.54. The molecule has 0 radical (unpaired) electrons. The summed E-state index contributed by atoms with van der Waals surface area (Å²) in [6.45, 7) is 5.65. The van der Waals surface area contributed by atoms with E-state index in [4.69, 9.17) is 4.98 Å². The number of piperidine rings is 1. The minimum absolute atomic E-state index is 0.333. The summed E-state index contributed by atoms with van der Waals surface area (Å²) in [5, 5.41) is 10.0. The molecule has 1 saturated heterocycles. The number of aromatic nitrogens is 3. The number of sulfonamides is 1. The van der Waals surface area contributed by atoms with Gasteiger partial charge in [0.05, 0.1) is 21.3 Å². The van der Waals surface area contributed by atoms with E-state index in [0.717, 1.165) is 56.4 Å². The normalized spacial score (nSPS) is 15.1. The molecule has 9 heteroatoms. The zero-order chi connectivity index (χ0) is 27.0. The van der Waals surface area contributed by atoms with Crippen molar-refractivity contribution < 1.29 is 8.42 Å². The van der Waals surface area contributed by atoms with Crippen LogP contribution in [0.1, 0.15) is 18.4 Å². The summed E-state index contributed by atoms with van der Waals surface area (Å²) in [7, 11) is -3.54. The van der Waals surface area contributed by atoms with Gasteiger partial charge in [0.2, 0.25) is 10.0 Å². The summed E-state index contributed by atoms with van der Waals surface area (Å²) in [5.74, 6) is 1.17. The van der Waals surface area contributed by atoms with Crippen molar-refractivity contribution >= 4 is 54.3 Å². The molecule has 0 saturated carbocycles. The number of benzene rings is 3. The molecular formula is C30H28BrN5O2S. The molecule has 0 amide bonds. The van der Waals surface area contributed by atoms with Crippen LogP contribution in [0.25, 0.3) is 33.8 Å². The first-order chi connectivity index (χ1) is 18.9. The average molecular weight is 603 g/mol. The third-order valence-electron chi connectivity index (χ3n) is 7.39. The molecule has 0 spiro atoms. The maximum absolute atomic E-state index is 13.4. The van der Waals surface area contributed by atoms with Gasteiger partial charge in [0.25, 0.3) is 0 Å². The molecule has 0 unspecified atom stereocenters. The molecule has 0 aliphatic carbocycles. The molecule has 2 aromatic heterocycles. The second-order valence-electron chi connectivity index (χ2n) is 9.78. The maximum atomic E-state index is 13.4. The van der Waals surface area contributed by atoms with Crippen molar-refractivity contribution in [2.75, 3.05) is 25.0 Å². The molecule has 198 valence electrons. The molecule has 1 aliphatic heterocycles. The van der Waals surface area contributed by atoms with Crippen molar-refractivity contribution in [3.05, 3.63) is 95.6 Å². The van der Waals surface area contributed by atoms with E-state index < -0.39 is 10.0 Å². The van der Waals surface area contributed by atoms with Gasteiger partial charge in [-0.3, -0.25) is 0 Å². The lowest BCUT2D eigenvalue weighted by Crippen LogP contribution is -2.39. The fraction of sp³-hybridized carbons (Fsp3) is 0.200. The molecule has 0 atom stereocenters. The van der Waals surface area contributed by atoms with E-state index in [1.165, 1.54) is 0 Å². The summed E-state index contributed by atoms with van der Waals surface area (Å²) in [6, 6.07) is 23.2. The standard InChI is InChI=1S/C30H28BrN5O2S/c1-2-22-7-5-6-10-26(22)28-18-29(36-30(34-28)27(31)20-33-36)32-19-21-13-15-35(16-14-21)39(37,38)25-12-11-23-8-3-4-9-24(23)17-25/h2-12,17-18,20-21,32H,1,13-16,19H2. The number of hydrogen-bond acceptors (Lipinski definition) is 5. The highest BCUT2D eigenvalue weighted by Crippen LogP contribution is 2.30. The lowest BCUT2D eigenvalue weighted by molar-refractivity contribution is 0.282. The number of hydrogen-bond donors (Lipinski definition) is 1. The quantitative estimate of drug-likeness (QED) is 0.231. The van der Waals surface area contributed by atoms with Gasteiger partial charge in [0, 0.05) is 31.3 Å². The zero-order valence-corrected chi connectivity index (χ0v) is 23.7. The van der Waals surface area contributed by atoms with Crippen LogP contribution in [0.3, 0.4) is 0 Å². The fourth-order valence-corrected chi connectivity index (χ4v) is 7.04. The Bertz CT molecular complexity index is 1790. The third-order valence-corrected chi connectivity index (χ3v) is 9.84. The van der Waals surface area contributed by atoms with E-state index in [9.17, 15) is 8.42 Å². The van der Waals surface area contributed by atoms with Gasteiger partial charge in [-0.05, 0) is 63.2 Å². The molecule has 7 nitrogen and oxygen atoms in total. The first-order valence-corrected chi connectivity index (χ1v) is 15.2. The Morgan fingerprint density at radius 3 is 2.54 bits per heavy atom. The van der Waals surface area contributed by atoms with Crippen molar-refractivity contribution in [2.24, 2.45) is 5.92 Å². The Morgan fingerprint density at radius 2 is 1.74 bits per heavy atom. The molecule has 5 aromatic rings. The van der Waals surface area contributed by atoms with Crippen LogP contribution in [0.15, 0.2) is 94.9 Å². The molecule has 3 heterocycles. The van der Waals surface area contributed by atoms with Gasteiger partial charge < -0.3 is 5.32 Å². The smallest absolute Gasteiger partial charge is 0.243 e. The molecule has 3 aromatic carbocycles. The van der Waals surface area contributed by atoms with Crippen molar-refractivity contribution in [3.8, 4) is 11.3 Å². The number of nitrogens with zero attached hydrogens (tertiary/aromatic N) is 4. The summed E-state index contributed by atoms with van der Waals surface area (Å²) in [4.78, 5) is 5.20. The number of anilines is 1. The van der Waals surface area contributed by atoms with Crippen LogP contribution in [0.5, 0.6) is 0 Å². The predicted molar refractivity (Wildman–Crippen MR) is 160 cm³/mol. The summed E-state index contributed by atoms with van der Waals surface area (Å²) < 4.78 is 31.0. The van der Waals surface area contributed by atoms with Gasteiger partial charge in [-0.2, -0.15) is 13.9 Å². The summed E-state index contributed by atoms with van der Waals surface area (Å²) >= 11 is 3.57. The Balaban J connectivity index is 1.17. The number of nitrogens with one attached hydrogen (secondary N) is 1. The Labute approximate surface area is 236 Å². The molecule has 6 rings (SSSR count). The average Bonchev–Trinajstić information content (AvgIpc) is 3.36. The Kier molecular flexibility index (Phi) is 6.97. The highest BCUT2D eigenvalue weighted by atomic mass is 79.9. The summed E-state index contributed by atoms with van der Waals surface area (Å²) in [6.07, 6.45) is 5.14. The molecule has 1 fully saturated rings. The molecule has 1 N–H and O–H groups in total. The second kappa shape index (κ2) is 10.6. The molecular weight excluding hydrogens is 574 g/mol. The van der Waals surface area contributed by atoms with Gasteiger partial charge in [0.15, 0.2) is 5.65 Å². The van der Waals surface area contributed by atoms with Crippen LogP contribution < -0.4 is 5.32 Å². The predicted octanol–water partition coefficient (Wildman–Crippen LogP) is 6.47. The molecule has 1 aliphatic rings. The molecule has 39 heavy (non-hydrogen) atoms. The first kappa shape index (κ1) is 25.7. The van der Waals surface area contributed by atoms with E-state index in [1.807, 2.05) is 66.7 Å². The van der Waals surface area contributed by atoms with Gasteiger partial charge in [0.1, 0.15) is 5.82 Å². The van der Waals surface area contributed by atoms with Gasteiger partial charge in [-0.15, -0.1) is 0 Å². The topological polar surface area (TPSA) is 79.6 Å². The Morgan fingerprint density at radius 1 is 1.00 bits per heavy atom. The van der Waals surface area contributed by atoms with Crippen LogP contribution in [0, 0.1) is 5.92 Å². The lowest BCUT2D eigenvalue weighted by atomic mass is 9.98.